The Morgan fingerprint density at radius 1 is 1.21 bits per heavy atom. The SMILES string of the molecule is Brc1ccc(I)cc1-c1n[nH]c(C2CCCCC2)n1. The summed E-state index contributed by atoms with van der Waals surface area (Å²) in [5.41, 5.74) is 1.06. The average Bonchev–Trinajstić information content (AvgIpc) is 2.92. The van der Waals surface area contributed by atoms with Gasteiger partial charge in [-0.3, -0.25) is 5.10 Å². The Hall–Kier alpha value is -0.430. The molecule has 1 aromatic carbocycles. The van der Waals surface area contributed by atoms with Crippen LogP contribution in [0.5, 0.6) is 0 Å². The molecule has 0 amide bonds. The van der Waals surface area contributed by atoms with Crippen molar-refractivity contribution in [2.24, 2.45) is 0 Å². The van der Waals surface area contributed by atoms with Crippen LogP contribution in [0.4, 0.5) is 0 Å². The Kier molecular flexibility index (Phi) is 4.21. The highest BCUT2D eigenvalue weighted by atomic mass is 127. The van der Waals surface area contributed by atoms with Crippen LogP contribution in [0.2, 0.25) is 0 Å². The van der Waals surface area contributed by atoms with E-state index in [0.717, 1.165) is 21.7 Å². The van der Waals surface area contributed by atoms with Crippen molar-refractivity contribution in [3.8, 4) is 11.4 Å². The van der Waals surface area contributed by atoms with Gasteiger partial charge in [0.05, 0.1) is 0 Å². The summed E-state index contributed by atoms with van der Waals surface area (Å²) in [6.07, 6.45) is 6.46. The topological polar surface area (TPSA) is 41.6 Å². The van der Waals surface area contributed by atoms with Crippen LogP contribution >= 0.6 is 38.5 Å². The molecule has 19 heavy (non-hydrogen) atoms. The number of hydrogen-bond donors (Lipinski definition) is 1. The highest BCUT2D eigenvalue weighted by Gasteiger charge is 2.20. The molecular formula is C14H15BrIN3. The number of nitrogens with one attached hydrogen (secondary N) is 1. The van der Waals surface area contributed by atoms with Crippen molar-refractivity contribution in [2.45, 2.75) is 38.0 Å². The fourth-order valence-corrected chi connectivity index (χ4v) is 3.54. The third kappa shape index (κ3) is 3.02. The third-order valence-corrected chi connectivity index (χ3v) is 5.03. The Morgan fingerprint density at radius 3 is 2.79 bits per heavy atom. The van der Waals surface area contributed by atoms with Crippen LogP contribution in [-0.4, -0.2) is 15.2 Å². The van der Waals surface area contributed by atoms with Crippen molar-refractivity contribution in [3.05, 3.63) is 32.1 Å². The summed E-state index contributed by atoms with van der Waals surface area (Å²) < 4.78 is 2.24. The van der Waals surface area contributed by atoms with Gasteiger partial charge in [0.25, 0.3) is 0 Å². The second-order valence-electron chi connectivity index (χ2n) is 5.00. The molecule has 2 aromatic rings. The van der Waals surface area contributed by atoms with Gasteiger partial charge < -0.3 is 0 Å². The summed E-state index contributed by atoms with van der Waals surface area (Å²) in [6.45, 7) is 0. The molecule has 1 N–H and O–H groups in total. The minimum absolute atomic E-state index is 0.566. The fraction of sp³-hybridized carbons (Fsp3) is 0.429. The molecule has 100 valence electrons. The van der Waals surface area contributed by atoms with Crippen LogP contribution in [0, 0.1) is 3.57 Å². The number of nitrogens with zero attached hydrogens (tertiary/aromatic N) is 2. The van der Waals surface area contributed by atoms with E-state index in [1.54, 1.807) is 0 Å². The summed E-state index contributed by atoms with van der Waals surface area (Å²) >= 11 is 5.89. The van der Waals surface area contributed by atoms with Gasteiger partial charge in [-0.05, 0) is 53.6 Å². The van der Waals surface area contributed by atoms with E-state index in [9.17, 15) is 0 Å². The molecule has 0 atom stereocenters. The lowest BCUT2D eigenvalue weighted by atomic mass is 9.89. The second-order valence-corrected chi connectivity index (χ2v) is 7.10. The van der Waals surface area contributed by atoms with E-state index in [2.05, 4.69) is 60.9 Å². The van der Waals surface area contributed by atoms with Crippen molar-refractivity contribution < 1.29 is 0 Å². The predicted octanol–water partition coefficient (Wildman–Crippen LogP) is 4.89. The second kappa shape index (κ2) is 5.91. The zero-order chi connectivity index (χ0) is 13.2. The molecule has 0 spiro atoms. The van der Waals surface area contributed by atoms with Gasteiger partial charge in [-0.1, -0.05) is 35.2 Å². The molecule has 5 heteroatoms. The quantitative estimate of drug-likeness (QED) is 0.688. The standard InChI is InChI=1S/C14H15BrIN3/c15-12-7-6-10(16)8-11(12)14-17-13(18-19-14)9-4-2-1-3-5-9/h6-9H,1-5H2,(H,17,18,19). The molecule has 3 nitrogen and oxygen atoms in total. The number of aromatic nitrogens is 3. The fourth-order valence-electron chi connectivity index (χ4n) is 2.62. The first kappa shape index (κ1) is 13.5. The Balaban J connectivity index is 1.89. The van der Waals surface area contributed by atoms with Gasteiger partial charge >= 0.3 is 0 Å². The van der Waals surface area contributed by atoms with E-state index in [1.807, 2.05) is 6.07 Å². The number of rotatable bonds is 2. The molecule has 1 fully saturated rings. The van der Waals surface area contributed by atoms with Gasteiger partial charge in [0.1, 0.15) is 5.82 Å². The van der Waals surface area contributed by atoms with Crippen molar-refractivity contribution in [1.82, 2.24) is 15.2 Å². The highest BCUT2D eigenvalue weighted by Crippen LogP contribution is 2.33. The highest BCUT2D eigenvalue weighted by molar-refractivity contribution is 14.1. The summed E-state index contributed by atoms with van der Waals surface area (Å²) in [5, 5.41) is 7.53. The zero-order valence-corrected chi connectivity index (χ0v) is 14.2. The molecule has 1 aliphatic rings. The molecule has 0 saturated heterocycles. The van der Waals surface area contributed by atoms with Gasteiger partial charge in [0, 0.05) is 19.5 Å². The van der Waals surface area contributed by atoms with Crippen LogP contribution in [0.15, 0.2) is 22.7 Å². The summed E-state index contributed by atoms with van der Waals surface area (Å²) in [5.74, 6) is 2.42. The van der Waals surface area contributed by atoms with E-state index in [1.165, 1.54) is 35.7 Å². The van der Waals surface area contributed by atoms with E-state index in [0.29, 0.717) is 5.92 Å². The smallest absolute Gasteiger partial charge is 0.182 e. The van der Waals surface area contributed by atoms with Gasteiger partial charge in [0.2, 0.25) is 0 Å². The molecule has 1 aromatic heterocycles. The number of benzene rings is 1. The predicted molar refractivity (Wildman–Crippen MR) is 88.1 cm³/mol. The normalized spacial score (nSPS) is 16.7. The Bertz CT molecular complexity index is 576. The van der Waals surface area contributed by atoms with Crippen LogP contribution in [0.1, 0.15) is 43.8 Å². The molecule has 1 saturated carbocycles. The molecular weight excluding hydrogens is 417 g/mol. The largest absolute Gasteiger partial charge is 0.262 e. The van der Waals surface area contributed by atoms with Crippen LogP contribution in [-0.2, 0) is 0 Å². The third-order valence-electron chi connectivity index (χ3n) is 3.66. The minimum Gasteiger partial charge on any atom is -0.262 e. The number of hydrogen-bond acceptors (Lipinski definition) is 2. The summed E-state index contributed by atoms with van der Waals surface area (Å²) in [6, 6.07) is 6.23. The number of aromatic amines is 1. The molecule has 3 rings (SSSR count). The van der Waals surface area contributed by atoms with E-state index in [4.69, 9.17) is 4.98 Å². The first-order valence-electron chi connectivity index (χ1n) is 6.62. The van der Waals surface area contributed by atoms with E-state index in [-0.39, 0.29) is 0 Å². The van der Waals surface area contributed by atoms with Crippen LogP contribution < -0.4 is 0 Å². The van der Waals surface area contributed by atoms with Crippen molar-refractivity contribution in [1.29, 1.82) is 0 Å². The number of H-pyrrole nitrogens is 1. The monoisotopic (exact) mass is 431 g/mol. The Morgan fingerprint density at radius 2 is 2.00 bits per heavy atom. The molecule has 0 aliphatic heterocycles. The van der Waals surface area contributed by atoms with Gasteiger partial charge in [-0.2, -0.15) is 5.10 Å². The van der Waals surface area contributed by atoms with Gasteiger partial charge in [0.15, 0.2) is 5.82 Å². The maximum absolute atomic E-state index is 4.71. The van der Waals surface area contributed by atoms with Crippen molar-refractivity contribution in [3.63, 3.8) is 0 Å². The Labute approximate surface area is 134 Å². The summed E-state index contributed by atoms with van der Waals surface area (Å²) in [7, 11) is 0. The molecule has 0 radical (unpaired) electrons. The lowest BCUT2D eigenvalue weighted by Gasteiger charge is -2.18. The van der Waals surface area contributed by atoms with Crippen LogP contribution in [0.3, 0.4) is 0 Å². The lowest BCUT2D eigenvalue weighted by Crippen LogP contribution is -2.06. The molecule has 1 heterocycles. The van der Waals surface area contributed by atoms with E-state index < -0.39 is 0 Å². The lowest BCUT2D eigenvalue weighted by molar-refractivity contribution is 0.429. The zero-order valence-electron chi connectivity index (χ0n) is 10.5. The van der Waals surface area contributed by atoms with Crippen molar-refractivity contribution >= 4 is 38.5 Å². The molecule has 0 bridgehead atoms. The molecule has 0 unspecified atom stereocenters. The maximum Gasteiger partial charge on any atom is 0.182 e. The maximum atomic E-state index is 4.71. The first-order chi connectivity index (χ1) is 9.24. The van der Waals surface area contributed by atoms with Crippen LogP contribution in [0.25, 0.3) is 11.4 Å². The van der Waals surface area contributed by atoms with Gasteiger partial charge in [-0.15, -0.1) is 0 Å². The minimum atomic E-state index is 0.566. The first-order valence-corrected chi connectivity index (χ1v) is 8.49. The van der Waals surface area contributed by atoms with Gasteiger partial charge in [-0.25, -0.2) is 4.98 Å². The summed E-state index contributed by atoms with van der Waals surface area (Å²) in [4.78, 5) is 4.71. The average molecular weight is 432 g/mol. The molecule has 1 aliphatic carbocycles. The number of halogens is 2. The van der Waals surface area contributed by atoms with E-state index >= 15 is 0 Å². The van der Waals surface area contributed by atoms with Crippen molar-refractivity contribution in [2.75, 3.05) is 0 Å².